The lowest BCUT2D eigenvalue weighted by atomic mass is 9.98. The SMILES string of the molecule is CCCc1cc(=S)oc2c3c(ccc12)OC(C)(C)C=C3. The normalized spacial score (nSPS) is 15.9. The fraction of sp³-hybridized carbons (Fsp3) is 0.353. The van der Waals surface area contributed by atoms with Gasteiger partial charge in [0, 0.05) is 5.39 Å². The Kier molecular flexibility index (Phi) is 3.17. The number of benzene rings is 1. The maximum absolute atomic E-state index is 5.99. The lowest BCUT2D eigenvalue weighted by Gasteiger charge is -2.28. The van der Waals surface area contributed by atoms with Gasteiger partial charge >= 0.3 is 0 Å². The maximum atomic E-state index is 5.99. The van der Waals surface area contributed by atoms with Gasteiger partial charge in [0.15, 0.2) is 4.71 Å². The van der Waals surface area contributed by atoms with Gasteiger partial charge in [-0.3, -0.25) is 0 Å². The number of hydrogen-bond acceptors (Lipinski definition) is 3. The lowest BCUT2D eigenvalue weighted by molar-refractivity contribution is 0.159. The van der Waals surface area contributed by atoms with Crippen molar-refractivity contribution in [2.24, 2.45) is 0 Å². The smallest absolute Gasteiger partial charge is 0.191 e. The second kappa shape index (κ2) is 4.74. The molecule has 1 aromatic carbocycles. The highest BCUT2D eigenvalue weighted by Gasteiger charge is 2.24. The van der Waals surface area contributed by atoms with Crippen LogP contribution >= 0.6 is 12.2 Å². The third-order valence-corrected chi connectivity index (χ3v) is 3.74. The second-order valence-electron chi connectivity index (χ2n) is 5.73. The summed E-state index contributed by atoms with van der Waals surface area (Å²) in [5, 5.41) is 1.13. The van der Waals surface area contributed by atoms with Crippen molar-refractivity contribution in [3.63, 3.8) is 0 Å². The monoisotopic (exact) mass is 286 g/mol. The van der Waals surface area contributed by atoms with E-state index in [0.717, 1.165) is 35.1 Å². The first-order valence-corrected chi connectivity index (χ1v) is 7.39. The van der Waals surface area contributed by atoms with Crippen molar-refractivity contribution in [2.45, 2.75) is 39.2 Å². The van der Waals surface area contributed by atoms with Crippen LogP contribution in [0.5, 0.6) is 5.75 Å². The summed E-state index contributed by atoms with van der Waals surface area (Å²) in [5.74, 6) is 0.858. The summed E-state index contributed by atoms with van der Waals surface area (Å²) < 4.78 is 12.3. The molecule has 0 radical (unpaired) electrons. The number of ether oxygens (including phenoxy) is 1. The number of rotatable bonds is 2. The van der Waals surface area contributed by atoms with Crippen LogP contribution in [0.15, 0.2) is 28.7 Å². The average molecular weight is 286 g/mol. The van der Waals surface area contributed by atoms with Gasteiger partial charge < -0.3 is 9.15 Å². The summed E-state index contributed by atoms with van der Waals surface area (Å²) in [5.41, 5.74) is 2.80. The molecule has 1 aliphatic rings. The zero-order chi connectivity index (χ0) is 14.3. The summed E-state index contributed by atoms with van der Waals surface area (Å²) >= 11 is 5.26. The lowest BCUT2D eigenvalue weighted by Crippen LogP contribution is -2.27. The zero-order valence-electron chi connectivity index (χ0n) is 12.0. The van der Waals surface area contributed by atoms with E-state index in [1.165, 1.54) is 5.56 Å². The van der Waals surface area contributed by atoms with Gasteiger partial charge in [0.1, 0.15) is 16.9 Å². The molecule has 0 spiro atoms. The van der Waals surface area contributed by atoms with Gasteiger partial charge in [0.25, 0.3) is 0 Å². The maximum Gasteiger partial charge on any atom is 0.191 e. The third-order valence-electron chi connectivity index (χ3n) is 3.54. The van der Waals surface area contributed by atoms with Crippen molar-refractivity contribution in [2.75, 3.05) is 0 Å². The van der Waals surface area contributed by atoms with Gasteiger partial charge in [-0.15, -0.1) is 0 Å². The van der Waals surface area contributed by atoms with Crippen molar-refractivity contribution in [1.29, 1.82) is 0 Å². The fourth-order valence-corrected chi connectivity index (χ4v) is 2.84. The first-order valence-electron chi connectivity index (χ1n) is 6.98. The van der Waals surface area contributed by atoms with E-state index < -0.39 is 0 Å². The van der Waals surface area contributed by atoms with Crippen LogP contribution in [-0.4, -0.2) is 5.60 Å². The van der Waals surface area contributed by atoms with Crippen molar-refractivity contribution in [1.82, 2.24) is 0 Å². The number of fused-ring (bicyclic) bond motifs is 3. The van der Waals surface area contributed by atoms with Crippen molar-refractivity contribution in [3.05, 3.63) is 40.1 Å². The molecule has 3 rings (SSSR count). The van der Waals surface area contributed by atoms with Gasteiger partial charge in [0.05, 0.1) is 5.56 Å². The molecule has 0 unspecified atom stereocenters. The van der Waals surface area contributed by atoms with Crippen LogP contribution in [0.2, 0.25) is 0 Å². The summed E-state index contributed by atoms with van der Waals surface area (Å²) in [6.07, 6.45) is 6.23. The average Bonchev–Trinajstić information content (AvgIpc) is 2.37. The van der Waals surface area contributed by atoms with E-state index in [1.54, 1.807) is 0 Å². The molecule has 0 saturated heterocycles. The Morgan fingerprint density at radius 3 is 2.80 bits per heavy atom. The van der Waals surface area contributed by atoms with Crippen LogP contribution < -0.4 is 4.74 Å². The summed E-state index contributed by atoms with van der Waals surface area (Å²) in [4.78, 5) is 0. The van der Waals surface area contributed by atoms with Crippen LogP contribution in [0, 0.1) is 4.71 Å². The summed E-state index contributed by atoms with van der Waals surface area (Å²) in [6.45, 7) is 6.25. The van der Waals surface area contributed by atoms with E-state index in [-0.39, 0.29) is 5.60 Å². The van der Waals surface area contributed by atoms with E-state index in [1.807, 2.05) is 26.0 Å². The van der Waals surface area contributed by atoms with Gasteiger partial charge in [-0.05, 0) is 68.4 Å². The molecule has 20 heavy (non-hydrogen) atoms. The van der Waals surface area contributed by atoms with Crippen molar-refractivity contribution < 1.29 is 9.15 Å². The minimum atomic E-state index is -0.279. The zero-order valence-corrected chi connectivity index (χ0v) is 12.8. The Balaban J connectivity index is 2.29. The minimum absolute atomic E-state index is 0.279. The molecule has 0 bridgehead atoms. The Hall–Kier alpha value is -1.61. The molecule has 0 atom stereocenters. The molecule has 1 aliphatic heterocycles. The van der Waals surface area contributed by atoms with Crippen LogP contribution in [0.4, 0.5) is 0 Å². The quantitative estimate of drug-likeness (QED) is 0.699. The molecular weight excluding hydrogens is 268 g/mol. The second-order valence-corrected chi connectivity index (χ2v) is 6.14. The van der Waals surface area contributed by atoms with E-state index in [9.17, 15) is 0 Å². The van der Waals surface area contributed by atoms with Crippen LogP contribution in [0.1, 0.15) is 38.3 Å². The highest BCUT2D eigenvalue weighted by Crippen LogP contribution is 2.37. The van der Waals surface area contributed by atoms with E-state index in [2.05, 4.69) is 25.1 Å². The van der Waals surface area contributed by atoms with Gasteiger partial charge in [0.2, 0.25) is 0 Å². The summed E-state index contributed by atoms with van der Waals surface area (Å²) in [7, 11) is 0. The predicted octanol–water partition coefficient (Wildman–Crippen LogP) is 5.30. The number of aryl methyl sites for hydroxylation is 1. The third kappa shape index (κ3) is 2.27. The first-order chi connectivity index (χ1) is 9.50. The van der Waals surface area contributed by atoms with Crippen molar-refractivity contribution in [3.8, 4) is 5.75 Å². The Bertz CT molecular complexity index is 753. The Morgan fingerprint density at radius 1 is 1.25 bits per heavy atom. The molecule has 1 aromatic heterocycles. The highest BCUT2D eigenvalue weighted by molar-refractivity contribution is 7.71. The Morgan fingerprint density at radius 2 is 2.05 bits per heavy atom. The minimum Gasteiger partial charge on any atom is -0.483 e. The standard InChI is InChI=1S/C17H18O2S/c1-4-5-11-10-15(20)18-16-12(11)6-7-14-13(16)8-9-17(2,3)19-14/h6-10H,4-5H2,1-3H3. The van der Waals surface area contributed by atoms with E-state index >= 15 is 0 Å². The fourth-order valence-electron chi connectivity index (χ4n) is 2.62. The van der Waals surface area contributed by atoms with Gasteiger partial charge in [-0.25, -0.2) is 0 Å². The molecule has 0 fully saturated rings. The van der Waals surface area contributed by atoms with Gasteiger partial charge in [-0.1, -0.05) is 13.3 Å². The molecule has 0 aliphatic carbocycles. The Labute approximate surface area is 124 Å². The molecule has 2 aromatic rings. The molecule has 3 heteroatoms. The van der Waals surface area contributed by atoms with Crippen molar-refractivity contribution >= 4 is 29.3 Å². The highest BCUT2D eigenvalue weighted by atomic mass is 32.1. The predicted molar refractivity (Wildman–Crippen MR) is 84.8 cm³/mol. The topological polar surface area (TPSA) is 22.4 Å². The number of hydrogen-bond donors (Lipinski definition) is 0. The first kappa shape index (κ1) is 13.4. The molecule has 0 saturated carbocycles. The molecular formula is C17H18O2S. The molecule has 2 heterocycles. The van der Waals surface area contributed by atoms with Gasteiger partial charge in [-0.2, -0.15) is 0 Å². The van der Waals surface area contributed by atoms with E-state index in [0.29, 0.717) is 4.71 Å². The molecule has 104 valence electrons. The molecule has 2 nitrogen and oxygen atoms in total. The molecule has 0 N–H and O–H groups in total. The van der Waals surface area contributed by atoms with Crippen LogP contribution in [0.3, 0.4) is 0 Å². The summed E-state index contributed by atoms with van der Waals surface area (Å²) in [6, 6.07) is 6.07. The van der Waals surface area contributed by atoms with Crippen LogP contribution in [0.25, 0.3) is 17.0 Å². The van der Waals surface area contributed by atoms with E-state index in [4.69, 9.17) is 21.4 Å². The van der Waals surface area contributed by atoms with Crippen LogP contribution in [-0.2, 0) is 6.42 Å². The molecule has 0 amide bonds. The largest absolute Gasteiger partial charge is 0.483 e.